The van der Waals surface area contributed by atoms with Crippen LogP contribution in [0.5, 0.6) is 0 Å². The molecule has 1 N–H and O–H groups in total. The molecule has 1 saturated heterocycles. The van der Waals surface area contributed by atoms with Crippen LogP contribution in [0, 0.1) is 0 Å². The molecule has 2 heterocycles. The van der Waals surface area contributed by atoms with Gasteiger partial charge in [-0.3, -0.25) is 14.4 Å². The van der Waals surface area contributed by atoms with Crippen molar-refractivity contribution >= 4 is 11.8 Å². The highest BCUT2D eigenvalue weighted by atomic mass is 16.2. The lowest BCUT2D eigenvalue weighted by molar-refractivity contribution is -0.145. The number of hydrogen-bond donors (Lipinski definition) is 1. The Hall–Kier alpha value is -2.11. The molecule has 19 heavy (non-hydrogen) atoms. The molecule has 1 atom stereocenters. The quantitative estimate of drug-likeness (QED) is 0.802. The predicted octanol–water partition coefficient (Wildman–Crippen LogP) is -0.415. The number of carbonyl (C=O) groups is 2. The average Bonchev–Trinajstić information content (AvgIpc) is 2.41. The first-order chi connectivity index (χ1) is 9.13. The molecule has 102 valence electrons. The maximum Gasteiger partial charge on any atom is 0.250 e. The zero-order valence-corrected chi connectivity index (χ0v) is 10.8. The molecule has 1 fully saturated rings. The van der Waals surface area contributed by atoms with Crippen LogP contribution in [0.4, 0.5) is 0 Å². The summed E-state index contributed by atoms with van der Waals surface area (Å²) in [7, 11) is 0. The van der Waals surface area contributed by atoms with Crippen LogP contribution < -0.4 is 10.9 Å². The van der Waals surface area contributed by atoms with E-state index in [1.165, 1.54) is 10.6 Å². The fourth-order valence-electron chi connectivity index (χ4n) is 2.24. The van der Waals surface area contributed by atoms with Gasteiger partial charge in [0.1, 0.15) is 6.04 Å². The SMILES string of the molecule is CCC1C(=O)NCC(=O)N1CCn1ccccc1=O. The third-order valence-electron chi connectivity index (χ3n) is 3.28. The Morgan fingerprint density at radius 2 is 2.05 bits per heavy atom. The highest BCUT2D eigenvalue weighted by Gasteiger charge is 2.32. The minimum absolute atomic E-state index is 0.0407. The van der Waals surface area contributed by atoms with Crippen LogP contribution in [0.15, 0.2) is 29.2 Å². The molecule has 6 heteroatoms. The van der Waals surface area contributed by atoms with Crippen LogP contribution in [0.2, 0.25) is 0 Å². The van der Waals surface area contributed by atoms with Gasteiger partial charge < -0.3 is 14.8 Å². The highest BCUT2D eigenvalue weighted by molar-refractivity contribution is 5.94. The van der Waals surface area contributed by atoms with Gasteiger partial charge in [-0.15, -0.1) is 0 Å². The van der Waals surface area contributed by atoms with E-state index in [4.69, 9.17) is 0 Å². The smallest absolute Gasteiger partial charge is 0.250 e. The van der Waals surface area contributed by atoms with Crippen molar-refractivity contribution in [2.75, 3.05) is 13.1 Å². The van der Waals surface area contributed by atoms with Gasteiger partial charge in [0.05, 0.1) is 6.54 Å². The summed E-state index contributed by atoms with van der Waals surface area (Å²) in [5, 5.41) is 2.57. The molecule has 1 aliphatic heterocycles. The zero-order chi connectivity index (χ0) is 13.8. The first kappa shape index (κ1) is 13.3. The Bertz CT molecular complexity index is 538. The van der Waals surface area contributed by atoms with Gasteiger partial charge >= 0.3 is 0 Å². The van der Waals surface area contributed by atoms with Gasteiger partial charge in [-0.1, -0.05) is 13.0 Å². The van der Waals surface area contributed by atoms with Crippen molar-refractivity contribution in [3.05, 3.63) is 34.7 Å². The number of carbonyl (C=O) groups excluding carboxylic acids is 2. The summed E-state index contributed by atoms with van der Waals surface area (Å²) in [6, 6.07) is 4.49. The molecule has 1 aromatic rings. The summed E-state index contributed by atoms with van der Waals surface area (Å²) in [6.45, 7) is 2.67. The van der Waals surface area contributed by atoms with E-state index in [9.17, 15) is 14.4 Å². The van der Waals surface area contributed by atoms with Gasteiger partial charge in [-0.05, 0) is 12.5 Å². The van der Waals surface area contributed by atoms with Gasteiger partial charge in [-0.2, -0.15) is 0 Å². The van der Waals surface area contributed by atoms with Crippen molar-refractivity contribution in [1.82, 2.24) is 14.8 Å². The molecule has 0 saturated carbocycles. The van der Waals surface area contributed by atoms with E-state index in [1.54, 1.807) is 23.2 Å². The van der Waals surface area contributed by atoms with E-state index in [-0.39, 0.29) is 23.9 Å². The molecular weight excluding hydrogens is 246 g/mol. The van der Waals surface area contributed by atoms with Crippen molar-refractivity contribution in [3.63, 3.8) is 0 Å². The van der Waals surface area contributed by atoms with Crippen LogP contribution in [0.25, 0.3) is 0 Å². The maximum atomic E-state index is 11.8. The Balaban J connectivity index is 2.08. The maximum absolute atomic E-state index is 11.8. The van der Waals surface area contributed by atoms with Crippen LogP contribution >= 0.6 is 0 Å². The van der Waals surface area contributed by atoms with Crippen molar-refractivity contribution < 1.29 is 9.59 Å². The average molecular weight is 263 g/mol. The molecule has 0 aliphatic carbocycles. The standard InChI is InChI=1S/C13H17N3O3/c1-2-10-13(19)14-9-12(18)16(10)8-7-15-6-4-3-5-11(15)17/h3-6,10H,2,7-9H2,1H3,(H,14,19). The van der Waals surface area contributed by atoms with Gasteiger partial charge in [0.2, 0.25) is 11.8 Å². The summed E-state index contributed by atoms with van der Waals surface area (Å²) >= 11 is 0. The summed E-state index contributed by atoms with van der Waals surface area (Å²) in [5.74, 6) is -0.224. The van der Waals surface area contributed by atoms with Crippen molar-refractivity contribution in [2.24, 2.45) is 0 Å². The summed E-state index contributed by atoms with van der Waals surface area (Å²) in [4.78, 5) is 36.6. The highest BCUT2D eigenvalue weighted by Crippen LogP contribution is 2.09. The molecule has 0 aromatic carbocycles. The molecule has 0 radical (unpaired) electrons. The van der Waals surface area contributed by atoms with Crippen molar-refractivity contribution in [1.29, 1.82) is 0 Å². The Morgan fingerprint density at radius 1 is 1.26 bits per heavy atom. The van der Waals surface area contributed by atoms with Gasteiger partial charge in [0, 0.05) is 25.4 Å². The number of pyridine rings is 1. The Morgan fingerprint density at radius 3 is 2.74 bits per heavy atom. The number of piperazine rings is 1. The summed E-state index contributed by atoms with van der Waals surface area (Å²) in [6.07, 6.45) is 2.25. The zero-order valence-electron chi connectivity index (χ0n) is 10.8. The third kappa shape index (κ3) is 2.83. The van der Waals surface area contributed by atoms with E-state index in [1.807, 2.05) is 6.92 Å². The Labute approximate surface area is 111 Å². The largest absolute Gasteiger partial charge is 0.345 e. The van der Waals surface area contributed by atoms with E-state index in [2.05, 4.69) is 5.32 Å². The minimum Gasteiger partial charge on any atom is -0.345 e. The predicted molar refractivity (Wildman–Crippen MR) is 69.5 cm³/mol. The molecule has 2 amide bonds. The second kappa shape index (κ2) is 5.69. The second-order valence-electron chi connectivity index (χ2n) is 4.46. The van der Waals surface area contributed by atoms with Crippen molar-refractivity contribution in [2.45, 2.75) is 25.9 Å². The summed E-state index contributed by atoms with van der Waals surface area (Å²) < 4.78 is 1.53. The second-order valence-corrected chi connectivity index (χ2v) is 4.46. The third-order valence-corrected chi connectivity index (χ3v) is 3.28. The normalized spacial score (nSPS) is 19.4. The lowest BCUT2D eigenvalue weighted by atomic mass is 10.1. The fraction of sp³-hybridized carbons (Fsp3) is 0.462. The Kier molecular flexibility index (Phi) is 3.99. The molecule has 1 aliphatic rings. The van der Waals surface area contributed by atoms with Gasteiger partial charge in [0.25, 0.3) is 5.56 Å². The van der Waals surface area contributed by atoms with E-state index >= 15 is 0 Å². The van der Waals surface area contributed by atoms with Crippen LogP contribution in [0.3, 0.4) is 0 Å². The molecule has 0 spiro atoms. The molecule has 1 unspecified atom stereocenters. The fourth-order valence-corrected chi connectivity index (χ4v) is 2.24. The number of nitrogens with zero attached hydrogens (tertiary/aromatic N) is 2. The lowest BCUT2D eigenvalue weighted by Gasteiger charge is -2.34. The van der Waals surface area contributed by atoms with E-state index < -0.39 is 6.04 Å². The number of rotatable bonds is 4. The molecule has 2 rings (SSSR count). The number of nitrogens with one attached hydrogen (secondary N) is 1. The van der Waals surface area contributed by atoms with Crippen LogP contribution in [-0.4, -0.2) is 40.4 Å². The van der Waals surface area contributed by atoms with Crippen LogP contribution in [-0.2, 0) is 16.1 Å². The topological polar surface area (TPSA) is 71.4 Å². The molecule has 6 nitrogen and oxygen atoms in total. The molecular formula is C13H17N3O3. The van der Waals surface area contributed by atoms with Gasteiger partial charge in [-0.25, -0.2) is 0 Å². The van der Waals surface area contributed by atoms with Gasteiger partial charge in [0.15, 0.2) is 0 Å². The number of aromatic nitrogens is 1. The van der Waals surface area contributed by atoms with E-state index in [0.29, 0.717) is 19.5 Å². The van der Waals surface area contributed by atoms with Crippen LogP contribution in [0.1, 0.15) is 13.3 Å². The minimum atomic E-state index is -0.430. The first-order valence-electron chi connectivity index (χ1n) is 6.36. The summed E-state index contributed by atoms with van der Waals surface area (Å²) in [5.41, 5.74) is -0.107. The van der Waals surface area contributed by atoms with E-state index in [0.717, 1.165) is 0 Å². The monoisotopic (exact) mass is 263 g/mol. The van der Waals surface area contributed by atoms with Crippen molar-refractivity contribution in [3.8, 4) is 0 Å². The molecule has 1 aromatic heterocycles. The first-order valence-corrected chi connectivity index (χ1v) is 6.36. The lowest BCUT2D eigenvalue weighted by Crippen LogP contribution is -2.58. The number of hydrogen-bond acceptors (Lipinski definition) is 3. The molecule has 0 bridgehead atoms. The number of amides is 2.